The number of ether oxygens (including phenoxy) is 3. The average Bonchev–Trinajstić information content (AvgIpc) is 3.75. The molecule has 0 radical (unpaired) electrons. The molecule has 0 saturated carbocycles. The first kappa shape index (κ1) is 45.3. The SMILES string of the molecule is COC(=O)[C@H](COc1ccc(C)cc1)NC(=O)[C@H](Cc1cn(C(c2ccccc2)(c2ccccc2)c2ccccc2)cn1)NC(=O)[C@H](C)N(C(=O)OC(C)(C)C)c1ccc(C)cc1. The van der Waals surface area contributed by atoms with E-state index in [9.17, 15) is 19.2 Å². The fourth-order valence-electron chi connectivity index (χ4n) is 7.37. The number of imidazole rings is 1. The molecule has 326 valence electrons. The van der Waals surface area contributed by atoms with Gasteiger partial charge in [0.2, 0.25) is 11.8 Å². The molecule has 0 aliphatic rings. The highest BCUT2D eigenvalue weighted by molar-refractivity contribution is 5.99. The van der Waals surface area contributed by atoms with Crippen molar-refractivity contribution in [2.24, 2.45) is 0 Å². The summed E-state index contributed by atoms with van der Waals surface area (Å²) in [5, 5.41) is 5.64. The molecule has 1 heterocycles. The standard InChI is InChI=1S/C51H55N5O7/c1-35-23-27-42(28-24-35)56(49(60)63-50(4,5)6)37(3)46(57)53-44(47(58)54-45(48(59)61-7)33-62-43-29-25-36(2)26-30-43)31-41-32-55(34-52-41)51(38-17-11-8-12-18-38,39-19-13-9-14-20-39)40-21-15-10-16-22-40/h8-30,32,34,37,44-45H,31,33H2,1-7H3,(H,53,57)(H,54,58)/t37-,44-,45-/m0/s1. The monoisotopic (exact) mass is 849 g/mol. The summed E-state index contributed by atoms with van der Waals surface area (Å²) in [5.74, 6) is -1.61. The van der Waals surface area contributed by atoms with Crippen LogP contribution in [0.5, 0.6) is 5.75 Å². The number of methoxy groups -OCH3 is 1. The number of carbonyl (C=O) groups excluding carboxylic acids is 4. The van der Waals surface area contributed by atoms with Crippen LogP contribution in [0, 0.1) is 13.8 Å². The number of hydrogen-bond donors (Lipinski definition) is 2. The summed E-state index contributed by atoms with van der Waals surface area (Å²) in [7, 11) is 1.22. The van der Waals surface area contributed by atoms with Crippen LogP contribution in [-0.2, 0) is 35.8 Å². The molecule has 0 spiro atoms. The molecule has 0 bridgehead atoms. The van der Waals surface area contributed by atoms with Crippen LogP contribution in [0.15, 0.2) is 152 Å². The van der Waals surface area contributed by atoms with E-state index in [0.717, 1.165) is 27.8 Å². The van der Waals surface area contributed by atoms with E-state index in [-0.39, 0.29) is 13.0 Å². The lowest BCUT2D eigenvalue weighted by molar-refractivity contribution is -0.146. The van der Waals surface area contributed by atoms with E-state index in [1.807, 2.05) is 103 Å². The Hall–Kier alpha value is -7.21. The first-order valence-electron chi connectivity index (χ1n) is 20.9. The third kappa shape index (κ3) is 11.0. The maximum absolute atomic E-state index is 14.5. The predicted molar refractivity (Wildman–Crippen MR) is 242 cm³/mol. The Balaban J connectivity index is 1.38. The second-order valence-electron chi connectivity index (χ2n) is 16.4. The molecule has 0 saturated heterocycles. The first-order valence-corrected chi connectivity index (χ1v) is 20.9. The van der Waals surface area contributed by atoms with Gasteiger partial charge in [0.15, 0.2) is 6.04 Å². The number of amides is 3. The van der Waals surface area contributed by atoms with Crippen LogP contribution in [0.25, 0.3) is 0 Å². The maximum atomic E-state index is 14.5. The van der Waals surface area contributed by atoms with E-state index < -0.39 is 53.1 Å². The quantitative estimate of drug-likeness (QED) is 0.0740. The van der Waals surface area contributed by atoms with Gasteiger partial charge in [-0.15, -0.1) is 0 Å². The van der Waals surface area contributed by atoms with Crippen molar-refractivity contribution in [3.05, 3.63) is 186 Å². The zero-order valence-electron chi connectivity index (χ0n) is 36.8. The molecule has 3 atom stereocenters. The van der Waals surface area contributed by atoms with Gasteiger partial charge in [0, 0.05) is 18.3 Å². The Labute approximate surface area is 369 Å². The van der Waals surface area contributed by atoms with Gasteiger partial charge < -0.3 is 29.4 Å². The molecule has 12 nitrogen and oxygen atoms in total. The molecule has 5 aromatic carbocycles. The van der Waals surface area contributed by atoms with E-state index >= 15 is 0 Å². The highest BCUT2D eigenvalue weighted by Crippen LogP contribution is 2.41. The van der Waals surface area contributed by atoms with Crippen molar-refractivity contribution in [2.75, 3.05) is 18.6 Å². The van der Waals surface area contributed by atoms with Gasteiger partial charge in [-0.25, -0.2) is 14.6 Å². The lowest BCUT2D eigenvalue weighted by Gasteiger charge is -2.37. The van der Waals surface area contributed by atoms with E-state index in [1.165, 1.54) is 12.0 Å². The number of nitrogens with one attached hydrogen (secondary N) is 2. The van der Waals surface area contributed by atoms with Crippen LogP contribution >= 0.6 is 0 Å². The Kier molecular flexibility index (Phi) is 14.5. The molecular formula is C51H55N5O7. The summed E-state index contributed by atoms with van der Waals surface area (Å²) < 4.78 is 18.7. The molecule has 2 N–H and O–H groups in total. The van der Waals surface area contributed by atoms with Crippen LogP contribution in [0.2, 0.25) is 0 Å². The summed E-state index contributed by atoms with van der Waals surface area (Å²) in [4.78, 5) is 62.0. The third-order valence-electron chi connectivity index (χ3n) is 10.6. The lowest BCUT2D eigenvalue weighted by atomic mass is 9.77. The molecule has 3 amide bonds. The number of aryl methyl sites for hydroxylation is 2. The Morgan fingerprint density at radius 3 is 1.67 bits per heavy atom. The van der Waals surface area contributed by atoms with Crippen molar-refractivity contribution in [1.29, 1.82) is 0 Å². The maximum Gasteiger partial charge on any atom is 0.415 e. The zero-order valence-corrected chi connectivity index (χ0v) is 36.8. The minimum absolute atomic E-state index is 0.102. The third-order valence-corrected chi connectivity index (χ3v) is 10.6. The van der Waals surface area contributed by atoms with Gasteiger partial charge >= 0.3 is 12.1 Å². The van der Waals surface area contributed by atoms with Crippen LogP contribution < -0.4 is 20.3 Å². The van der Waals surface area contributed by atoms with E-state index in [2.05, 4.69) is 47.0 Å². The minimum Gasteiger partial charge on any atom is -0.491 e. The van der Waals surface area contributed by atoms with E-state index in [4.69, 9.17) is 19.2 Å². The van der Waals surface area contributed by atoms with Crippen LogP contribution in [-0.4, -0.2) is 70.9 Å². The largest absolute Gasteiger partial charge is 0.491 e. The van der Waals surface area contributed by atoms with Crippen molar-refractivity contribution in [3.8, 4) is 5.75 Å². The average molecular weight is 850 g/mol. The fourth-order valence-corrected chi connectivity index (χ4v) is 7.37. The molecule has 12 heteroatoms. The Morgan fingerprint density at radius 2 is 1.17 bits per heavy atom. The summed E-state index contributed by atoms with van der Waals surface area (Å²) in [6.07, 6.45) is 2.73. The topological polar surface area (TPSA) is 141 Å². The smallest absolute Gasteiger partial charge is 0.415 e. The van der Waals surface area contributed by atoms with Crippen molar-refractivity contribution in [1.82, 2.24) is 20.2 Å². The number of rotatable bonds is 16. The first-order chi connectivity index (χ1) is 30.2. The molecule has 6 rings (SSSR count). The molecule has 6 aromatic rings. The number of carbonyl (C=O) groups is 4. The number of benzene rings is 5. The van der Waals surface area contributed by atoms with Gasteiger partial charge in [-0.1, -0.05) is 126 Å². The second kappa shape index (κ2) is 20.1. The van der Waals surface area contributed by atoms with Gasteiger partial charge in [0.1, 0.15) is 35.6 Å². The molecule has 0 unspecified atom stereocenters. The summed E-state index contributed by atoms with van der Waals surface area (Å²) >= 11 is 0. The predicted octanol–water partition coefficient (Wildman–Crippen LogP) is 7.93. The number of nitrogens with zero attached hydrogens (tertiary/aromatic N) is 3. The number of anilines is 1. The second-order valence-corrected chi connectivity index (χ2v) is 16.4. The van der Waals surface area contributed by atoms with Gasteiger partial charge in [0.25, 0.3) is 0 Å². The zero-order chi connectivity index (χ0) is 45.1. The van der Waals surface area contributed by atoms with Gasteiger partial charge in [-0.2, -0.15) is 0 Å². The van der Waals surface area contributed by atoms with Gasteiger partial charge in [-0.3, -0.25) is 14.5 Å². The van der Waals surface area contributed by atoms with Crippen LogP contribution in [0.1, 0.15) is 61.2 Å². The molecule has 1 aromatic heterocycles. The number of aromatic nitrogens is 2. The molecule has 0 fully saturated rings. The highest BCUT2D eigenvalue weighted by Gasteiger charge is 2.39. The van der Waals surface area contributed by atoms with Gasteiger partial charge in [-0.05, 0) is 82.5 Å². The molecule has 63 heavy (non-hydrogen) atoms. The Bertz CT molecular complexity index is 2350. The Morgan fingerprint density at radius 1 is 0.683 bits per heavy atom. The molecule has 0 aliphatic heterocycles. The van der Waals surface area contributed by atoms with Crippen molar-refractivity contribution in [3.63, 3.8) is 0 Å². The highest BCUT2D eigenvalue weighted by atomic mass is 16.6. The van der Waals surface area contributed by atoms with Crippen LogP contribution in [0.4, 0.5) is 10.5 Å². The molecule has 0 aliphatic carbocycles. The number of hydrogen-bond acceptors (Lipinski definition) is 8. The molecular weight excluding hydrogens is 795 g/mol. The lowest BCUT2D eigenvalue weighted by Crippen LogP contribution is -2.57. The van der Waals surface area contributed by atoms with E-state index in [0.29, 0.717) is 17.1 Å². The van der Waals surface area contributed by atoms with Crippen molar-refractivity contribution >= 4 is 29.6 Å². The van der Waals surface area contributed by atoms with Crippen molar-refractivity contribution < 1.29 is 33.4 Å². The summed E-state index contributed by atoms with van der Waals surface area (Å²) in [5.41, 5.74) is 4.02. The number of esters is 1. The van der Waals surface area contributed by atoms with Crippen LogP contribution in [0.3, 0.4) is 0 Å². The summed E-state index contributed by atoms with van der Waals surface area (Å²) in [6, 6.07) is 40.9. The van der Waals surface area contributed by atoms with Gasteiger partial charge in [0.05, 0.1) is 19.1 Å². The van der Waals surface area contributed by atoms with E-state index in [1.54, 1.807) is 58.3 Å². The summed E-state index contributed by atoms with van der Waals surface area (Å²) in [6.45, 7) is 10.4. The normalized spacial score (nSPS) is 12.9. The minimum atomic E-state index is -1.30. The van der Waals surface area contributed by atoms with Crippen molar-refractivity contribution in [2.45, 2.75) is 77.2 Å². The fraction of sp³-hybridized carbons (Fsp3) is 0.275.